The Balaban J connectivity index is 1.43. The number of benzene rings is 2. The molecule has 0 aliphatic carbocycles. The standard InChI is InChI=1S/C23H20F3N5O3/c24-23(25,26)21-28-19(29-34-21)14-6-7-15-11-31(20(32)16(15)10-14)18-8-9-30(22(27)33)12-17(18)13-4-2-1-3-5-13/h1-7,10,17-18H,8-9,11-12H2,(H2,27,33). The van der Waals surface area contributed by atoms with Crippen LogP contribution in [0.2, 0.25) is 0 Å². The quantitative estimate of drug-likeness (QED) is 0.628. The number of aromatic nitrogens is 2. The van der Waals surface area contributed by atoms with E-state index in [2.05, 4.69) is 14.7 Å². The third kappa shape index (κ3) is 3.87. The van der Waals surface area contributed by atoms with Crippen LogP contribution in [-0.2, 0) is 12.7 Å². The molecule has 1 fully saturated rings. The number of halogens is 3. The molecule has 1 saturated heterocycles. The van der Waals surface area contributed by atoms with Gasteiger partial charge in [0, 0.05) is 42.7 Å². The van der Waals surface area contributed by atoms with Gasteiger partial charge in [0.05, 0.1) is 0 Å². The lowest BCUT2D eigenvalue weighted by Gasteiger charge is -2.42. The zero-order valence-corrected chi connectivity index (χ0v) is 17.8. The van der Waals surface area contributed by atoms with Gasteiger partial charge in [0.25, 0.3) is 5.91 Å². The summed E-state index contributed by atoms with van der Waals surface area (Å²) in [5.74, 6) is -2.04. The van der Waals surface area contributed by atoms with E-state index < -0.39 is 18.1 Å². The van der Waals surface area contributed by atoms with Gasteiger partial charge in [-0.1, -0.05) is 47.6 Å². The molecule has 0 radical (unpaired) electrons. The number of likely N-dealkylation sites (tertiary alicyclic amines) is 1. The van der Waals surface area contributed by atoms with Crippen molar-refractivity contribution in [2.45, 2.75) is 31.1 Å². The van der Waals surface area contributed by atoms with Gasteiger partial charge < -0.3 is 20.1 Å². The smallest absolute Gasteiger partial charge is 0.351 e. The number of amides is 3. The van der Waals surface area contributed by atoms with E-state index in [0.29, 0.717) is 31.6 Å². The van der Waals surface area contributed by atoms with Crippen LogP contribution in [0.15, 0.2) is 53.1 Å². The molecule has 0 spiro atoms. The van der Waals surface area contributed by atoms with Crippen molar-refractivity contribution in [2.75, 3.05) is 13.1 Å². The summed E-state index contributed by atoms with van der Waals surface area (Å²) in [6.07, 6.45) is -4.20. The van der Waals surface area contributed by atoms with Crippen molar-refractivity contribution >= 4 is 11.9 Å². The van der Waals surface area contributed by atoms with Crippen molar-refractivity contribution in [2.24, 2.45) is 5.73 Å². The molecule has 176 valence electrons. The van der Waals surface area contributed by atoms with Crippen molar-refractivity contribution in [3.8, 4) is 11.4 Å². The zero-order valence-electron chi connectivity index (χ0n) is 17.8. The minimum atomic E-state index is -4.75. The summed E-state index contributed by atoms with van der Waals surface area (Å²) >= 11 is 0. The first-order valence-electron chi connectivity index (χ1n) is 10.7. The lowest BCUT2D eigenvalue weighted by Crippen LogP contribution is -2.52. The van der Waals surface area contributed by atoms with E-state index in [4.69, 9.17) is 5.73 Å². The molecule has 2 aliphatic heterocycles. The van der Waals surface area contributed by atoms with Crippen LogP contribution in [0.25, 0.3) is 11.4 Å². The summed E-state index contributed by atoms with van der Waals surface area (Å²) < 4.78 is 42.8. The topological polar surface area (TPSA) is 106 Å². The lowest BCUT2D eigenvalue weighted by molar-refractivity contribution is -0.159. The van der Waals surface area contributed by atoms with Gasteiger partial charge >= 0.3 is 18.1 Å². The highest BCUT2D eigenvalue weighted by atomic mass is 19.4. The van der Waals surface area contributed by atoms with E-state index in [0.717, 1.165) is 11.1 Å². The fraction of sp³-hybridized carbons (Fsp3) is 0.304. The van der Waals surface area contributed by atoms with E-state index in [1.54, 1.807) is 21.9 Å². The Bertz CT molecular complexity index is 1240. The van der Waals surface area contributed by atoms with Gasteiger partial charge in [-0.25, -0.2) is 4.79 Å². The van der Waals surface area contributed by atoms with Gasteiger partial charge in [-0.15, -0.1) is 0 Å². The summed E-state index contributed by atoms with van der Waals surface area (Å²) in [5.41, 5.74) is 7.93. The van der Waals surface area contributed by atoms with E-state index in [1.807, 2.05) is 30.3 Å². The molecule has 3 heterocycles. The van der Waals surface area contributed by atoms with Gasteiger partial charge in [0.2, 0.25) is 5.82 Å². The largest absolute Gasteiger partial charge is 0.471 e. The summed E-state index contributed by atoms with van der Waals surface area (Å²) in [7, 11) is 0. The highest BCUT2D eigenvalue weighted by Gasteiger charge is 2.41. The lowest BCUT2D eigenvalue weighted by atomic mass is 9.85. The number of hydrogen-bond acceptors (Lipinski definition) is 5. The third-order valence-electron chi connectivity index (χ3n) is 6.38. The molecule has 2 atom stereocenters. The van der Waals surface area contributed by atoms with Crippen molar-refractivity contribution < 1.29 is 27.3 Å². The number of primary amides is 1. The normalized spacial score (nSPS) is 20.5. The maximum atomic E-state index is 13.4. The maximum absolute atomic E-state index is 13.4. The van der Waals surface area contributed by atoms with Crippen LogP contribution < -0.4 is 5.73 Å². The van der Waals surface area contributed by atoms with Gasteiger partial charge in [0.15, 0.2) is 0 Å². The van der Waals surface area contributed by atoms with Crippen LogP contribution in [0.1, 0.15) is 39.7 Å². The van der Waals surface area contributed by atoms with Crippen LogP contribution in [0.3, 0.4) is 0 Å². The van der Waals surface area contributed by atoms with Gasteiger partial charge in [0.1, 0.15) is 0 Å². The van der Waals surface area contributed by atoms with Crippen molar-refractivity contribution in [1.82, 2.24) is 19.9 Å². The number of alkyl halides is 3. The number of urea groups is 1. The number of hydrogen-bond donors (Lipinski definition) is 1. The molecule has 0 bridgehead atoms. The Morgan fingerprint density at radius 2 is 1.91 bits per heavy atom. The molecule has 2 N–H and O–H groups in total. The minimum Gasteiger partial charge on any atom is -0.351 e. The summed E-state index contributed by atoms with van der Waals surface area (Å²) in [6.45, 7) is 1.18. The number of carbonyl (C=O) groups is 2. The highest BCUT2D eigenvalue weighted by Crippen LogP contribution is 2.37. The van der Waals surface area contributed by atoms with Crippen LogP contribution >= 0.6 is 0 Å². The fourth-order valence-electron chi connectivity index (χ4n) is 4.73. The first-order chi connectivity index (χ1) is 16.2. The number of carbonyl (C=O) groups excluding carboxylic acids is 2. The Hall–Kier alpha value is -3.89. The SMILES string of the molecule is NC(=O)N1CCC(N2Cc3ccc(-c4noc(C(F)(F)F)n4)cc3C2=O)C(c2ccccc2)C1. The summed E-state index contributed by atoms with van der Waals surface area (Å²) in [5, 5.41) is 3.41. The number of rotatable bonds is 3. The van der Waals surface area contributed by atoms with Crippen molar-refractivity contribution in [3.05, 3.63) is 71.1 Å². The fourth-order valence-corrected chi connectivity index (χ4v) is 4.73. The molecule has 0 saturated carbocycles. The summed E-state index contributed by atoms with van der Waals surface area (Å²) in [4.78, 5) is 32.0. The first-order valence-corrected chi connectivity index (χ1v) is 10.7. The van der Waals surface area contributed by atoms with Gasteiger partial charge in [-0.2, -0.15) is 18.2 Å². The van der Waals surface area contributed by atoms with Crippen LogP contribution in [-0.4, -0.2) is 51.0 Å². The summed E-state index contributed by atoms with van der Waals surface area (Å²) in [6, 6.07) is 13.7. The van der Waals surface area contributed by atoms with Crippen molar-refractivity contribution in [3.63, 3.8) is 0 Å². The maximum Gasteiger partial charge on any atom is 0.471 e. The molecule has 3 aromatic rings. The second-order valence-electron chi connectivity index (χ2n) is 8.38. The molecule has 5 rings (SSSR count). The molecule has 11 heteroatoms. The van der Waals surface area contributed by atoms with Crippen LogP contribution in [0.4, 0.5) is 18.0 Å². The average molecular weight is 471 g/mol. The van der Waals surface area contributed by atoms with Crippen molar-refractivity contribution in [1.29, 1.82) is 0 Å². The highest BCUT2D eigenvalue weighted by molar-refractivity contribution is 5.99. The Kier molecular flexibility index (Phi) is 5.26. The van der Waals surface area contributed by atoms with Crippen LogP contribution in [0.5, 0.6) is 0 Å². The number of piperidine rings is 1. The molecular formula is C23H20F3N5O3. The predicted octanol–water partition coefficient (Wildman–Crippen LogP) is 3.65. The van der Waals surface area contributed by atoms with Gasteiger partial charge in [-0.05, 0) is 23.6 Å². The third-order valence-corrected chi connectivity index (χ3v) is 6.38. The minimum absolute atomic E-state index is 0.133. The van der Waals surface area contributed by atoms with E-state index in [1.165, 1.54) is 6.07 Å². The zero-order chi connectivity index (χ0) is 24.0. The van der Waals surface area contributed by atoms with E-state index in [-0.39, 0.29) is 29.3 Å². The predicted molar refractivity (Wildman–Crippen MR) is 113 cm³/mol. The first kappa shape index (κ1) is 21.9. The molecule has 1 aromatic heterocycles. The second-order valence-corrected chi connectivity index (χ2v) is 8.38. The molecule has 34 heavy (non-hydrogen) atoms. The average Bonchev–Trinajstić information content (AvgIpc) is 3.45. The Morgan fingerprint density at radius 3 is 2.59 bits per heavy atom. The van der Waals surface area contributed by atoms with E-state index >= 15 is 0 Å². The molecule has 2 unspecified atom stereocenters. The number of nitrogens with zero attached hydrogens (tertiary/aromatic N) is 4. The molecular weight excluding hydrogens is 451 g/mol. The number of fused-ring (bicyclic) bond motifs is 1. The Labute approximate surface area is 192 Å². The molecule has 8 nitrogen and oxygen atoms in total. The second kappa shape index (κ2) is 8.15. The molecule has 2 aliphatic rings. The molecule has 2 aromatic carbocycles. The number of nitrogens with two attached hydrogens (primary N) is 1. The van der Waals surface area contributed by atoms with Gasteiger partial charge in [-0.3, -0.25) is 4.79 Å². The van der Waals surface area contributed by atoms with Crippen LogP contribution in [0, 0.1) is 0 Å². The Morgan fingerprint density at radius 1 is 1.15 bits per heavy atom. The monoisotopic (exact) mass is 471 g/mol. The molecule has 3 amide bonds. The van der Waals surface area contributed by atoms with E-state index in [9.17, 15) is 22.8 Å².